The molecule has 20 heavy (non-hydrogen) atoms. The zero-order valence-corrected chi connectivity index (χ0v) is 12.5. The van der Waals surface area contributed by atoms with E-state index in [-0.39, 0.29) is 5.91 Å². The average molecular weight is 276 g/mol. The smallest absolute Gasteiger partial charge is 0.224 e. The first-order valence-electron chi connectivity index (χ1n) is 7.41. The fourth-order valence-electron chi connectivity index (χ4n) is 2.38. The van der Waals surface area contributed by atoms with Crippen molar-refractivity contribution in [1.29, 1.82) is 0 Å². The van der Waals surface area contributed by atoms with Gasteiger partial charge in [-0.2, -0.15) is 0 Å². The number of nitrogens with one attached hydrogen (secondary N) is 2. The molecule has 2 rings (SSSR count). The van der Waals surface area contributed by atoms with Gasteiger partial charge in [0.25, 0.3) is 0 Å². The van der Waals surface area contributed by atoms with Crippen LogP contribution in [-0.2, 0) is 9.53 Å². The lowest BCUT2D eigenvalue weighted by molar-refractivity contribution is -0.115. The monoisotopic (exact) mass is 276 g/mol. The van der Waals surface area contributed by atoms with Gasteiger partial charge in [0.1, 0.15) is 0 Å². The molecule has 0 radical (unpaired) electrons. The highest BCUT2D eigenvalue weighted by Gasteiger charge is 2.29. The maximum absolute atomic E-state index is 11.4. The van der Waals surface area contributed by atoms with Crippen LogP contribution in [-0.4, -0.2) is 24.7 Å². The van der Waals surface area contributed by atoms with E-state index in [1.807, 2.05) is 32.0 Å². The van der Waals surface area contributed by atoms with E-state index in [1.165, 1.54) is 5.56 Å². The molecule has 0 aliphatic heterocycles. The molecule has 1 amide bonds. The molecule has 0 unspecified atom stereocenters. The Bertz CT molecular complexity index is 468. The van der Waals surface area contributed by atoms with Crippen LogP contribution in [0.4, 0.5) is 11.4 Å². The zero-order chi connectivity index (χ0) is 14.5. The van der Waals surface area contributed by atoms with Crippen LogP contribution in [0.25, 0.3) is 0 Å². The highest BCUT2D eigenvalue weighted by molar-refractivity contribution is 5.91. The van der Waals surface area contributed by atoms with E-state index < -0.39 is 0 Å². The molecule has 0 heterocycles. The lowest BCUT2D eigenvalue weighted by Gasteiger charge is -2.36. The van der Waals surface area contributed by atoms with Crippen molar-refractivity contribution in [2.75, 3.05) is 17.2 Å². The van der Waals surface area contributed by atoms with Crippen molar-refractivity contribution in [2.24, 2.45) is 0 Å². The van der Waals surface area contributed by atoms with Gasteiger partial charge < -0.3 is 15.4 Å². The van der Waals surface area contributed by atoms with E-state index in [0.717, 1.165) is 30.8 Å². The SMILES string of the molecule is CCOC1CC(Nc2cc(NC(=O)CC)ccc2C)C1. The van der Waals surface area contributed by atoms with Crippen LogP contribution in [0.5, 0.6) is 0 Å². The third-order valence-corrected chi connectivity index (χ3v) is 3.70. The number of carbonyl (C=O) groups excluding carboxylic acids is 1. The minimum absolute atomic E-state index is 0.0415. The topological polar surface area (TPSA) is 50.4 Å². The molecule has 4 heteroatoms. The van der Waals surface area contributed by atoms with E-state index in [0.29, 0.717) is 18.6 Å². The van der Waals surface area contributed by atoms with Crippen molar-refractivity contribution >= 4 is 17.3 Å². The second-order valence-electron chi connectivity index (χ2n) is 5.32. The van der Waals surface area contributed by atoms with E-state index in [2.05, 4.69) is 17.6 Å². The summed E-state index contributed by atoms with van der Waals surface area (Å²) in [5.41, 5.74) is 3.14. The molecule has 0 bridgehead atoms. The minimum Gasteiger partial charge on any atom is -0.382 e. The summed E-state index contributed by atoms with van der Waals surface area (Å²) in [4.78, 5) is 11.4. The van der Waals surface area contributed by atoms with Crippen LogP contribution in [0.2, 0.25) is 0 Å². The predicted molar refractivity (Wildman–Crippen MR) is 82.2 cm³/mol. The van der Waals surface area contributed by atoms with Crippen LogP contribution < -0.4 is 10.6 Å². The highest BCUT2D eigenvalue weighted by Crippen LogP contribution is 2.29. The third-order valence-electron chi connectivity index (χ3n) is 3.70. The van der Waals surface area contributed by atoms with Gasteiger partial charge in [-0.3, -0.25) is 4.79 Å². The standard InChI is InChI=1S/C16H24N2O2/c1-4-16(19)18-12-7-6-11(3)15(10-12)17-13-8-14(9-13)20-5-2/h6-7,10,13-14,17H,4-5,8-9H2,1-3H3,(H,18,19). The number of carbonyl (C=O) groups is 1. The molecular weight excluding hydrogens is 252 g/mol. The van der Waals surface area contributed by atoms with Crippen molar-refractivity contribution in [3.05, 3.63) is 23.8 Å². The van der Waals surface area contributed by atoms with E-state index in [4.69, 9.17) is 4.74 Å². The summed E-state index contributed by atoms with van der Waals surface area (Å²) < 4.78 is 5.57. The minimum atomic E-state index is 0.0415. The number of rotatable bonds is 6. The number of benzene rings is 1. The van der Waals surface area contributed by atoms with Gasteiger partial charge in [-0.15, -0.1) is 0 Å². The van der Waals surface area contributed by atoms with Crippen LogP contribution in [0, 0.1) is 6.92 Å². The number of hydrogen-bond acceptors (Lipinski definition) is 3. The first-order chi connectivity index (χ1) is 9.62. The summed E-state index contributed by atoms with van der Waals surface area (Å²) in [6, 6.07) is 6.46. The Labute approximate surface area is 120 Å². The summed E-state index contributed by atoms with van der Waals surface area (Å²) >= 11 is 0. The molecule has 1 saturated carbocycles. The molecule has 1 aliphatic carbocycles. The Morgan fingerprint density at radius 1 is 1.35 bits per heavy atom. The number of hydrogen-bond donors (Lipinski definition) is 2. The molecule has 4 nitrogen and oxygen atoms in total. The molecule has 0 spiro atoms. The van der Waals surface area contributed by atoms with E-state index in [1.54, 1.807) is 0 Å². The van der Waals surface area contributed by atoms with Gasteiger partial charge in [-0.1, -0.05) is 13.0 Å². The van der Waals surface area contributed by atoms with Crippen LogP contribution in [0.1, 0.15) is 38.7 Å². The second-order valence-corrected chi connectivity index (χ2v) is 5.32. The Morgan fingerprint density at radius 3 is 2.75 bits per heavy atom. The Morgan fingerprint density at radius 2 is 2.10 bits per heavy atom. The number of anilines is 2. The first kappa shape index (κ1) is 14.9. The largest absolute Gasteiger partial charge is 0.382 e. The van der Waals surface area contributed by atoms with E-state index in [9.17, 15) is 4.79 Å². The molecule has 110 valence electrons. The van der Waals surface area contributed by atoms with E-state index >= 15 is 0 Å². The van der Waals surface area contributed by atoms with Crippen molar-refractivity contribution < 1.29 is 9.53 Å². The maximum Gasteiger partial charge on any atom is 0.224 e. The fraction of sp³-hybridized carbons (Fsp3) is 0.562. The summed E-state index contributed by atoms with van der Waals surface area (Å²) in [5.74, 6) is 0.0415. The summed E-state index contributed by atoms with van der Waals surface area (Å²) in [5, 5.41) is 6.43. The number of amides is 1. The molecule has 1 aromatic carbocycles. The Kier molecular flexibility index (Phi) is 5.01. The quantitative estimate of drug-likeness (QED) is 0.838. The molecular formula is C16H24N2O2. The lowest BCUT2D eigenvalue weighted by Crippen LogP contribution is -2.40. The summed E-state index contributed by atoms with van der Waals surface area (Å²) in [6.07, 6.45) is 3.01. The van der Waals surface area contributed by atoms with Crippen molar-refractivity contribution in [3.63, 3.8) is 0 Å². The van der Waals surface area contributed by atoms with Gasteiger partial charge >= 0.3 is 0 Å². The summed E-state index contributed by atoms with van der Waals surface area (Å²) in [7, 11) is 0. The van der Waals surface area contributed by atoms with Gasteiger partial charge in [0.05, 0.1) is 6.10 Å². The van der Waals surface area contributed by atoms with Gasteiger partial charge in [-0.05, 0) is 44.4 Å². The zero-order valence-electron chi connectivity index (χ0n) is 12.5. The van der Waals surface area contributed by atoms with Crippen molar-refractivity contribution in [2.45, 2.75) is 52.2 Å². The third kappa shape index (κ3) is 3.73. The van der Waals surface area contributed by atoms with Crippen LogP contribution >= 0.6 is 0 Å². The van der Waals surface area contributed by atoms with Gasteiger partial charge in [-0.25, -0.2) is 0 Å². The van der Waals surface area contributed by atoms with Gasteiger partial charge in [0.15, 0.2) is 0 Å². The first-order valence-corrected chi connectivity index (χ1v) is 7.41. The van der Waals surface area contributed by atoms with Crippen LogP contribution in [0.3, 0.4) is 0 Å². The Hall–Kier alpha value is -1.55. The van der Waals surface area contributed by atoms with Crippen molar-refractivity contribution in [3.8, 4) is 0 Å². The molecule has 0 atom stereocenters. The van der Waals surface area contributed by atoms with Crippen molar-refractivity contribution in [1.82, 2.24) is 0 Å². The molecule has 1 aromatic rings. The lowest BCUT2D eigenvalue weighted by atomic mass is 9.89. The van der Waals surface area contributed by atoms with Crippen LogP contribution in [0.15, 0.2) is 18.2 Å². The molecule has 0 aromatic heterocycles. The summed E-state index contributed by atoms with van der Waals surface area (Å²) in [6.45, 7) is 6.75. The average Bonchev–Trinajstić information content (AvgIpc) is 2.39. The molecule has 0 saturated heterocycles. The maximum atomic E-state index is 11.4. The second kappa shape index (κ2) is 6.75. The predicted octanol–water partition coefficient (Wildman–Crippen LogP) is 3.32. The fourth-order valence-corrected chi connectivity index (χ4v) is 2.38. The highest BCUT2D eigenvalue weighted by atomic mass is 16.5. The Balaban J connectivity index is 1.94. The normalized spacial score (nSPS) is 21.1. The molecule has 1 fully saturated rings. The molecule has 2 N–H and O–H groups in total. The molecule has 1 aliphatic rings. The number of aryl methyl sites for hydroxylation is 1. The number of ether oxygens (including phenoxy) is 1. The van der Waals surface area contributed by atoms with Gasteiger partial charge in [0.2, 0.25) is 5.91 Å². The van der Waals surface area contributed by atoms with Gasteiger partial charge in [0, 0.05) is 30.4 Å².